The number of carbonyl (C=O) groups is 1. The smallest absolute Gasteiger partial charge is 0.308 e. The first-order valence-electron chi connectivity index (χ1n) is 8.69. The maximum absolute atomic E-state index is 13.2. The highest BCUT2D eigenvalue weighted by molar-refractivity contribution is 7.89. The summed E-state index contributed by atoms with van der Waals surface area (Å²) in [4.78, 5) is 11.7. The van der Waals surface area contributed by atoms with E-state index in [-0.39, 0.29) is 18.0 Å². The van der Waals surface area contributed by atoms with Gasteiger partial charge < -0.3 is 4.74 Å². The van der Waals surface area contributed by atoms with Gasteiger partial charge >= 0.3 is 5.97 Å². The lowest BCUT2D eigenvalue weighted by Gasteiger charge is -2.22. The van der Waals surface area contributed by atoms with Crippen LogP contribution in [0.3, 0.4) is 0 Å². The Kier molecular flexibility index (Phi) is 5.64. The molecule has 1 aliphatic rings. The molecule has 0 bridgehead atoms. The molecule has 0 unspecified atom stereocenters. The van der Waals surface area contributed by atoms with Crippen LogP contribution in [0, 0.1) is 18.8 Å². The van der Waals surface area contributed by atoms with Crippen molar-refractivity contribution in [2.24, 2.45) is 0 Å². The molecule has 2 aromatic carbocycles. The lowest BCUT2D eigenvalue weighted by atomic mass is 10.0. The molecule has 0 saturated carbocycles. The molecule has 0 aromatic heterocycles. The monoisotopic (exact) mass is 383 g/mol. The number of esters is 1. The Bertz CT molecular complexity index is 1010. The van der Waals surface area contributed by atoms with E-state index in [0.717, 1.165) is 11.1 Å². The van der Waals surface area contributed by atoms with Gasteiger partial charge in [-0.05, 0) is 37.1 Å². The van der Waals surface area contributed by atoms with Crippen LogP contribution in [0.5, 0.6) is 5.75 Å². The van der Waals surface area contributed by atoms with Gasteiger partial charge in [-0.3, -0.25) is 4.79 Å². The SMILES string of the molecule is CC(=O)Oc1cccc2c1CN(S(=O)(=O)c1ccc(C)cc1)CC#CCC2. The predicted molar refractivity (Wildman–Crippen MR) is 103 cm³/mol. The van der Waals surface area contributed by atoms with Gasteiger partial charge in [-0.15, -0.1) is 5.92 Å². The highest BCUT2D eigenvalue weighted by Gasteiger charge is 2.26. The zero-order valence-corrected chi connectivity index (χ0v) is 16.2. The van der Waals surface area contributed by atoms with Gasteiger partial charge in [0.05, 0.1) is 11.4 Å². The highest BCUT2D eigenvalue weighted by Crippen LogP contribution is 2.28. The number of hydrogen-bond acceptors (Lipinski definition) is 4. The normalized spacial score (nSPS) is 14.7. The third-order valence-corrected chi connectivity index (χ3v) is 6.18. The quantitative estimate of drug-likeness (QED) is 0.464. The fourth-order valence-electron chi connectivity index (χ4n) is 2.97. The molecule has 0 amide bonds. The number of aryl methyl sites for hydroxylation is 2. The molecule has 0 radical (unpaired) electrons. The van der Waals surface area contributed by atoms with Gasteiger partial charge in [-0.25, -0.2) is 8.42 Å². The third kappa shape index (κ3) is 4.38. The summed E-state index contributed by atoms with van der Waals surface area (Å²) in [6.45, 7) is 3.43. The van der Waals surface area contributed by atoms with Crippen LogP contribution in [-0.2, 0) is 27.8 Å². The number of carbonyl (C=O) groups excluding carboxylic acids is 1. The standard InChI is InChI=1S/C21H21NO4S/c1-16-10-12-19(13-11-16)27(24,25)22-14-5-3-4-7-18-8-6-9-21(20(18)15-22)26-17(2)23/h6,8-13H,4,7,14-15H2,1-2H3. The zero-order chi connectivity index (χ0) is 19.4. The Morgan fingerprint density at radius 3 is 2.56 bits per heavy atom. The van der Waals surface area contributed by atoms with Crippen molar-refractivity contribution in [1.29, 1.82) is 0 Å². The van der Waals surface area contributed by atoms with Crippen molar-refractivity contribution in [3.8, 4) is 17.6 Å². The van der Waals surface area contributed by atoms with Gasteiger partial charge in [-0.2, -0.15) is 4.31 Å². The van der Waals surface area contributed by atoms with E-state index in [9.17, 15) is 13.2 Å². The summed E-state index contributed by atoms with van der Waals surface area (Å²) in [7, 11) is -3.73. The molecule has 2 aromatic rings. The minimum absolute atomic E-state index is 0.0874. The Labute approximate surface area is 160 Å². The van der Waals surface area contributed by atoms with Crippen molar-refractivity contribution in [1.82, 2.24) is 4.31 Å². The topological polar surface area (TPSA) is 63.7 Å². The van der Waals surface area contributed by atoms with Gasteiger partial charge in [0.15, 0.2) is 0 Å². The Hall–Kier alpha value is -2.62. The van der Waals surface area contributed by atoms with E-state index in [1.54, 1.807) is 36.4 Å². The molecular formula is C21H21NO4S. The zero-order valence-electron chi connectivity index (χ0n) is 15.4. The Balaban J connectivity index is 2.05. The first kappa shape index (κ1) is 19.2. The predicted octanol–water partition coefficient (Wildman–Crippen LogP) is 3.06. The number of fused-ring (bicyclic) bond motifs is 1. The van der Waals surface area contributed by atoms with E-state index >= 15 is 0 Å². The van der Waals surface area contributed by atoms with E-state index in [2.05, 4.69) is 11.8 Å². The summed E-state index contributed by atoms with van der Waals surface area (Å²) in [6.07, 6.45) is 1.30. The van der Waals surface area contributed by atoms with Crippen LogP contribution in [0.2, 0.25) is 0 Å². The molecule has 0 atom stereocenters. The van der Waals surface area contributed by atoms with Gasteiger partial charge in [-0.1, -0.05) is 35.7 Å². The van der Waals surface area contributed by atoms with Gasteiger partial charge in [0, 0.05) is 25.5 Å². The first-order chi connectivity index (χ1) is 12.9. The molecule has 0 aliphatic carbocycles. The van der Waals surface area contributed by atoms with Crippen molar-refractivity contribution in [3.63, 3.8) is 0 Å². The molecule has 6 heteroatoms. The van der Waals surface area contributed by atoms with Crippen LogP contribution in [0.25, 0.3) is 0 Å². The van der Waals surface area contributed by atoms with Crippen LogP contribution in [0.4, 0.5) is 0 Å². The van der Waals surface area contributed by atoms with E-state index in [1.807, 2.05) is 13.0 Å². The molecule has 5 nitrogen and oxygen atoms in total. The lowest BCUT2D eigenvalue weighted by molar-refractivity contribution is -0.131. The fourth-order valence-corrected chi connectivity index (χ4v) is 4.28. The van der Waals surface area contributed by atoms with E-state index in [0.29, 0.717) is 24.2 Å². The second-order valence-corrected chi connectivity index (χ2v) is 8.37. The van der Waals surface area contributed by atoms with E-state index < -0.39 is 16.0 Å². The van der Waals surface area contributed by atoms with Crippen LogP contribution < -0.4 is 4.74 Å². The molecule has 0 spiro atoms. The van der Waals surface area contributed by atoms with Crippen molar-refractivity contribution < 1.29 is 17.9 Å². The van der Waals surface area contributed by atoms with Gasteiger partial charge in [0.25, 0.3) is 0 Å². The van der Waals surface area contributed by atoms with Crippen LogP contribution >= 0.6 is 0 Å². The lowest BCUT2D eigenvalue weighted by Crippen LogP contribution is -2.31. The Morgan fingerprint density at radius 2 is 1.85 bits per heavy atom. The Morgan fingerprint density at radius 1 is 1.11 bits per heavy atom. The molecule has 1 heterocycles. The number of sulfonamides is 1. The minimum Gasteiger partial charge on any atom is -0.426 e. The number of nitrogens with zero attached hydrogens (tertiary/aromatic N) is 1. The number of ether oxygens (including phenoxy) is 1. The maximum Gasteiger partial charge on any atom is 0.308 e. The van der Waals surface area contributed by atoms with Gasteiger partial charge in [0.2, 0.25) is 10.0 Å². The molecule has 0 N–H and O–H groups in total. The summed E-state index contributed by atoms with van der Waals surface area (Å²) in [6, 6.07) is 12.2. The molecule has 3 rings (SSSR count). The summed E-state index contributed by atoms with van der Waals surface area (Å²) in [5, 5.41) is 0. The summed E-state index contributed by atoms with van der Waals surface area (Å²) < 4.78 is 33.0. The van der Waals surface area contributed by atoms with Crippen LogP contribution in [-0.4, -0.2) is 25.2 Å². The van der Waals surface area contributed by atoms with E-state index in [4.69, 9.17) is 4.74 Å². The minimum atomic E-state index is -3.73. The van der Waals surface area contributed by atoms with Crippen molar-refractivity contribution >= 4 is 16.0 Å². The summed E-state index contributed by atoms with van der Waals surface area (Å²) in [5.41, 5.74) is 2.63. The average Bonchev–Trinajstić information content (AvgIpc) is 2.72. The van der Waals surface area contributed by atoms with Gasteiger partial charge in [0.1, 0.15) is 5.75 Å². The number of benzene rings is 2. The molecule has 1 aliphatic heterocycles. The molecule has 27 heavy (non-hydrogen) atoms. The third-order valence-electron chi connectivity index (χ3n) is 4.38. The largest absolute Gasteiger partial charge is 0.426 e. The highest BCUT2D eigenvalue weighted by atomic mass is 32.2. The van der Waals surface area contributed by atoms with Crippen molar-refractivity contribution in [3.05, 3.63) is 59.2 Å². The average molecular weight is 383 g/mol. The summed E-state index contributed by atoms with van der Waals surface area (Å²) >= 11 is 0. The molecule has 0 fully saturated rings. The van der Waals surface area contributed by atoms with E-state index in [1.165, 1.54) is 11.2 Å². The van der Waals surface area contributed by atoms with Crippen LogP contribution in [0.15, 0.2) is 47.4 Å². The fraction of sp³-hybridized carbons (Fsp3) is 0.286. The number of hydrogen-bond donors (Lipinski definition) is 0. The van der Waals surface area contributed by atoms with Crippen molar-refractivity contribution in [2.75, 3.05) is 6.54 Å². The first-order valence-corrected chi connectivity index (χ1v) is 10.1. The second-order valence-electron chi connectivity index (χ2n) is 6.43. The molecule has 0 saturated heterocycles. The number of rotatable bonds is 3. The van der Waals surface area contributed by atoms with Crippen LogP contribution in [0.1, 0.15) is 30.0 Å². The second kappa shape index (κ2) is 7.95. The summed E-state index contributed by atoms with van der Waals surface area (Å²) in [5.74, 6) is 5.93. The van der Waals surface area contributed by atoms with Crippen molar-refractivity contribution in [2.45, 2.75) is 38.1 Å². The molecular weight excluding hydrogens is 362 g/mol. The molecule has 140 valence electrons. The maximum atomic E-state index is 13.2.